The van der Waals surface area contributed by atoms with Gasteiger partial charge in [0.05, 0.1) is 5.41 Å². The van der Waals surface area contributed by atoms with E-state index in [1.54, 1.807) is 13.8 Å². The van der Waals surface area contributed by atoms with Gasteiger partial charge in [0, 0.05) is 0 Å². The van der Waals surface area contributed by atoms with Crippen LogP contribution in [0.15, 0.2) is 12.3 Å². The van der Waals surface area contributed by atoms with Crippen LogP contribution in [0.3, 0.4) is 0 Å². The maximum atomic E-state index is 11.2. The summed E-state index contributed by atoms with van der Waals surface area (Å²) >= 11 is 0. The van der Waals surface area contributed by atoms with Crippen LogP contribution < -0.4 is 0 Å². The second kappa shape index (κ2) is 4.14. The Morgan fingerprint density at radius 3 is 2.42 bits per heavy atom. The molecule has 0 radical (unpaired) electrons. The Bertz CT molecular complexity index is 182. The van der Waals surface area contributed by atoms with Crippen LogP contribution in [0.2, 0.25) is 0 Å². The highest BCUT2D eigenvalue weighted by molar-refractivity contribution is 5.75. The summed E-state index contributed by atoms with van der Waals surface area (Å²) in [6.45, 7) is 8.62. The molecule has 0 saturated carbocycles. The summed E-state index contributed by atoms with van der Waals surface area (Å²) in [5.41, 5.74) is -0.477. The van der Waals surface area contributed by atoms with Crippen molar-refractivity contribution in [2.24, 2.45) is 5.41 Å². The summed E-state index contributed by atoms with van der Waals surface area (Å²) in [4.78, 5) is 11.2. The van der Waals surface area contributed by atoms with Crippen molar-refractivity contribution >= 4 is 5.97 Å². The van der Waals surface area contributed by atoms with Crippen molar-refractivity contribution in [2.75, 3.05) is 6.61 Å². The molecule has 0 atom stereocenters. The van der Waals surface area contributed by atoms with Gasteiger partial charge >= 0.3 is 5.97 Å². The normalized spacial score (nSPS) is 10.9. The molecule has 3 heteroatoms. The lowest BCUT2D eigenvalue weighted by Gasteiger charge is -2.19. The summed E-state index contributed by atoms with van der Waals surface area (Å²) in [5.74, 6) is -0.435. The maximum Gasteiger partial charge on any atom is 0.311 e. The van der Waals surface area contributed by atoms with E-state index in [4.69, 9.17) is 9.84 Å². The Hall–Kier alpha value is -0.990. The molecule has 0 bridgehead atoms. The maximum absolute atomic E-state index is 11.2. The van der Waals surface area contributed by atoms with Gasteiger partial charge in [-0.05, 0) is 20.3 Å². The summed E-state index contributed by atoms with van der Waals surface area (Å²) in [6, 6.07) is 0. The predicted molar refractivity (Wildman–Crippen MR) is 46.8 cm³/mol. The molecular formula is C9H16O3. The average Bonchev–Trinajstić information content (AvgIpc) is 2.00. The van der Waals surface area contributed by atoms with Crippen LogP contribution in [0.4, 0.5) is 0 Å². The second-order valence-corrected chi connectivity index (χ2v) is 3.38. The molecule has 0 aliphatic carbocycles. The number of aliphatic hydroxyl groups excluding tert-OH is 1. The number of rotatable bonds is 4. The Morgan fingerprint density at radius 2 is 2.08 bits per heavy atom. The summed E-state index contributed by atoms with van der Waals surface area (Å²) < 4.78 is 4.77. The third-order valence-corrected chi connectivity index (χ3v) is 1.81. The van der Waals surface area contributed by atoms with E-state index in [0.29, 0.717) is 6.42 Å². The Kier molecular flexibility index (Phi) is 3.80. The molecule has 0 heterocycles. The van der Waals surface area contributed by atoms with Gasteiger partial charge in [-0.15, -0.1) is 0 Å². The van der Waals surface area contributed by atoms with Crippen LogP contribution >= 0.6 is 0 Å². The number of ether oxygens (including phenoxy) is 1. The molecule has 0 aliphatic heterocycles. The lowest BCUT2D eigenvalue weighted by molar-refractivity contribution is -0.153. The Balaban J connectivity index is 3.96. The third kappa shape index (κ3) is 3.42. The van der Waals surface area contributed by atoms with Crippen molar-refractivity contribution in [3.8, 4) is 0 Å². The van der Waals surface area contributed by atoms with Crippen molar-refractivity contribution < 1.29 is 14.6 Å². The molecule has 3 nitrogen and oxygen atoms in total. The van der Waals surface area contributed by atoms with E-state index in [1.807, 2.05) is 6.92 Å². The van der Waals surface area contributed by atoms with Crippen LogP contribution in [0.5, 0.6) is 0 Å². The molecule has 0 amide bonds. The van der Waals surface area contributed by atoms with Crippen LogP contribution in [0, 0.1) is 5.41 Å². The van der Waals surface area contributed by atoms with Crippen molar-refractivity contribution in [3.63, 3.8) is 0 Å². The molecule has 0 aromatic carbocycles. The van der Waals surface area contributed by atoms with Gasteiger partial charge in [0.25, 0.3) is 0 Å². The van der Waals surface area contributed by atoms with Crippen molar-refractivity contribution in [1.29, 1.82) is 0 Å². The lowest BCUT2D eigenvalue weighted by Crippen LogP contribution is -2.26. The zero-order valence-corrected chi connectivity index (χ0v) is 7.89. The molecule has 0 unspecified atom stereocenters. The molecule has 0 spiro atoms. The fraction of sp³-hybridized carbons (Fsp3) is 0.667. The van der Waals surface area contributed by atoms with E-state index in [1.165, 1.54) is 0 Å². The molecule has 0 saturated heterocycles. The van der Waals surface area contributed by atoms with Gasteiger partial charge in [-0.25, -0.2) is 0 Å². The van der Waals surface area contributed by atoms with Gasteiger partial charge in [0.1, 0.15) is 12.4 Å². The lowest BCUT2D eigenvalue weighted by atomic mass is 9.91. The van der Waals surface area contributed by atoms with E-state index in [0.717, 1.165) is 0 Å². The SMILES string of the molecule is C=C(O)COC(=O)C(C)(C)CC. The monoisotopic (exact) mass is 172 g/mol. The van der Waals surface area contributed by atoms with E-state index in [9.17, 15) is 4.79 Å². The number of carbonyl (C=O) groups is 1. The van der Waals surface area contributed by atoms with Gasteiger partial charge in [-0.1, -0.05) is 13.5 Å². The highest BCUT2D eigenvalue weighted by Crippen LogP contribution is 2.21. The van der Waals surface area contributed by atoms with E-state index in [2.05, 4.69) is 6.58 Å². The largest absolute Gasteiger partial charge is 0.509 e. The van der Waals surface area contributed by atoms with E-state index < -0.39 is 5.41 Å². The van der Waals surface area contributed by atoms with Gasteiger partial charge in [0.2, 0.25) is 0 Å². The summed E-state index contributed by atoms with van der Waals surface area (Å²) in [7, 11) is 0. The molecule has 0 fully saturated rings. The quantitative estimate of drug-likeness (QED) is 0.521. The molecule has 1 N–H and O–H groups in total. The molecular weight excluding hydrogens is 156 g/mol. The third-order valence-electron chi connectivity index (χ3n) is 1.81. The standard InChI is InChI=1S/C9H16O3/c1-5-9(3,4)8(11)12-6-7(2)10/h10H,2,5-6H2,1,3-4H3. The zero-order valence-electron chi connectivity index (χ0n) is 7.89. The molecule has 0 aromatic rings. The van der Waals surface area contributed by atoms with Gasteiger partial charge in [-0.2, -0.15) is 0 Å². The Morgan fingerprint density at radius 1 is 1.58 bits per heavy atom. The molecule has 0 aliphatic rings. The number of esters is 1. The zero-order chi connectivity index (χ0) is 9.78. The van der Waals surface area contributed by atoms with Crippen LogP contribution in [0.1, 0.15) is 27.2 Å². The minimum absolute atomic E-state index is 0.109. The minimum atomic E-state index is -0.477. The highest BCUT2D eigenvalue weighted by atomic mass is 16.5. The van der Waals surface area contributed by atoms with Crippen molar-refractivity contribution in [1.82, 2.24) is 0 Å². The Labute approximate surface area is 73.0 Å². The van der Waals surface area contributed by atoms with Gasteiger partial charge in [-0.3, -0.25) is 4.79 Å². The smallest absolute Gasteiger partial charge is 0.311 e. The first-order chi connectivity index (χ1) is 5.40. The van der Waals surface area contributed by atoms with E-state index in [-0.39, 0.29) is 18.3 Å². The number of carbonyl (C=O) groups excluding carboxylic acids is 1. The highest BCUT2D eigenvalue weighted by Gasteiger charge is 2.26. The summed E-state index contributed by atoms with van der Waals surface area (Å²) in [6.07, 6.45) is 0.712. The van der Waals surface area contributed by atoms with Gasteiger partial charge < -0.3 is 9.84 Å². The molecule has 0 aromatic heterocycles. The van der Waals surface area contributed by atoms with Gasteiger partial charge in [0.15, 0.2) is 0 Å². The second-order valence-electron chi connectivity index (χ2n) is 3.38. The fourth-order valence-electron chi connectivity index (χ4n) is 0.489. The first-order valence-electron chi connectivity index (χ1n) is 3.94. The first-order valence-corrected chi connectivity index (χ1v) is 3.94. The topological polar surface area (TPSA) is 46.5 Å². The minimum Gasteiger partial charge on any atom is -0.509 e. The van der Waals surface area contributed by atoms with Crippen molar-refractivity contribution in [3.05, 3.63) is 12.3 Å². The van der Waals surface area contributed by atoms with E-state index >= 15 is 0 Å². The number of hydrogen-bond donors (Lipinski definition) is 1. The first kappa shape index (κ1) is 11.0. The fourth-order valence-corrected chi connectivity index (χ4v) is 0.489. The molecule has 12 heavy (non-hydrogen) atoms. The summed E-state index contributed by atoms with van der Waals surface area (Å²) in [5, 5.41) is 8.67. The number of hydrogen-bond acceptors (Lipinski definition) is 3. The van der Waals surface area contributed by atoms with Crippen LogP contribution in [-0.2, 0) is 9.53 Å². The van der Waals surface area contributed by atoms with Crippen LogP contribution in [-0.4, -0.2) is 17.7 Å². The van der Waals surface area contributed by atoms with Crippen molar-refractivity contribution in [2.45, 2.75) is 27.2 Å². The number of aliphatic hydroxyl groups is 1. The molecule has 0 rings (SSSR count). The average molecular weight is 172 g/mol. The predicted octanol–water partition coefficient (Wildman–Crippen LogP) is 2.04. The van der Waals surface area contributed by atoms with Crippen LogP contribution in [0.25, 0.3) is 0 Å². The molecule has 70 valence electrons.